The van der Waals surface area contributed by atoms with E-state index in [4.69, 9.17) is 8.85 Å². The van der Waals surface area contributed by atoms with E-state index in [1.807, 2.05) is 0 Å². The maximum atomic E-state index is 7.27. The maximum absolute atomic E-state index is 7.27. The van der Waals surface area contributed by atoms with Crippen LogP contribution in [0.25, 0.3) is 0 Å². The molecule has 0 aromatic carbocycles. The topological polar surface area (TPSA) is 18.5 Å². The Balaban J connectivity index is 1.49. The van der Waals surface area contributed by atoms with Crippen molar-refractivity contribution in [3.8, 4) is 0 Å². The van der Waals surface area contributed by atoms with Crippen LogP contribution in [0.1, 0.15) is 148 Å². The lowest BCUT2D eigenvalue weighted by Gasteiger charge is -2.70. The Bertz CT molecular complexity index is 1180. The summed E-state index contributed by atoms with van der Waals surface area (Å²) in [6.45, 7) is 45.2. The lowest BCUT2D eigenvalue weighted by Crippen LogP contribution is -2.64. The molecule has 0 heterocycles. The van der Waals surface area contributed by atoms with Crippen LogP contribution in [0.4, 0.5) is 0 Å². The molecule has 5 aliphatic carbocycles. The van der Waals surface area contributed by atoms with Gasteiger partial charge in [0.05, 0.1) is 12.2 Å². The van der Waals surface area contributed by atoms with Gasteiger partial charge in [-0.15, -0.1) is 0 Å². The van der Waals surface area contributed by atoms with Crippen LogP contribution < -0.4 is 0 Å². The Labute approximate surface area is 289 Å². The highest BCUT2D eigenvalue weighted by Gasteiger charge is 2.68. The van der Waals surface area contributed by atoms with Crippen LogP contribution in [-0.4, -0.2) is 28.8 Å². The average molecular weight is 669 g/mol. The van der Waals surface area contributed by atoms with Crippen molar-refractivity contribution in [3.05, 3.63) is 23.3 Å². The molecule has 2 nitrogen and oxygen atoms in total. The molecular formula is C42H76O2Si2. The summed E-state index contributed by atoms with van der Waals surface area (Å²) < 4.78 is 14.5. The minimum atomic E-state index is -1.84. The zero-order valence-corrected chi connectivity index (χ0v) is 35.9. The zero-order valence-electron chi connectivity index (χ0n) is 33.9. The van der Waals surface area contributed by atoms with E-state index in [1.54, 1.807) is 11.1 Å². The predicted molar refractivity (Wildman–Crippen MR) is 204 cm³/mol. The highest BCUT2D eigenvalue weighted by molar-refractivity contribution is 6.74. The Hall–Kier alpha value is -0.166. The van der Waals surface area contributed by atoms with Gasteiger partial charge in [-0.05, 0) is 132 Å². The van der Waals surface area contributed by atoms with E-state index in [2.05, 4.69) is 135 Å². The quantitative estimate of drug-likeness (QED) is 0.278. The molecule has 0 aliphatic heterocycles. The van der Waals surface area contributed by atoms with Gasteiger partial charge in [-0.2, -0.15) is 0 Å². The monoisotopic (exact) mass is 669 g/mol. The van der Waals surface area contributed by atoms with Crippen molar-refractivity contribution in [3.63, 3.8) is 0 Å². The molecule has 0 saturated heterocycles. The molecule has 4 heteroatoms. The molecular weight excluding hydrogens is 593 g/mol. The van der Waals surface area contributed by atoms with Crippen molar-refractivity contribution in [1.82, 2.24) is 0 Å². The second-order valence-electron chi connectivity index (χ2n) is 22.3. The van der Waals surface area contributed by atoms with Crippen LogP contribution in [0.15, 0.2) is 23.3 Å². The highest BCUT2D eigenvalue weighted by Crippen LogP contribution is 2.76. The first-order chi connectivity index (χ1) is 20.5. The molecule has 46 heavy (non-hydrogen) atoms. The van der Waals surface area contributed by atoms with Crippen molar-refractivity contribution < 1.29 is 8.85 Å². The molecule has 0 unspecified atom stereocenters. The van der Waals surface area contributed by atoms with Crippen LogP contribution in [-0.2, 0) is 8.85 Å². The number of fused-ring (bicyclic) bond motifs is 7. The Morgan fingerprint density at radius 2 is 0.826 bits per heavy atom. The lowest BCUT2D eigenvalue weighted by atomic mass is 9.35. The summed E-state index contributed by atoms with van der Waals surface area (Å²) in [5, 5.41) is 0.492. The van der Waals surface area contributed by atoms with E-state index in [0.717, 1.165) is 0 Å². The molecule has 8 atom stereocenters. The summed E-state index contributed by atoms with van der Waals surface area (Å²) >= 11 is 0. The van der Waals surface area contributed by atoms with E-state index in [9.17, 15) is 0 Å². The number of rotatable bonds is 4. The first kappa shape index (κ1) is 37.1. The molecule has 264 valence electrons. The third-order valence-corrected chi connectivity index (χ3v) is 26.2. The molecule has 0 spiro atoms. The van der Waals surface area contributed by atoms with Crippen LogP contribution in [0.3, 0.4) is 0 Å². The van der Waals surface area contributed by atoms with Crippen molar-refractivity contribution >= 4 is 16.6 Å². The third kappa shape index (κ3) is 5.08. The summed E-state index contributed by atoms with van der Waals surface area (Å²) in [6, 6.07) is 0. The van der Waals surface area contributed by atoms with Crippen molar-refractivity contribution in [2.24, 2.45) is 44.3 Å². The fourth-order valence-corrected chi connectivity index (χ4v) is 15.0. The SMILES string of the molecule is CC1(C)[C@@H](O[Si](C)(C)C(C)(C)C)CC[C@]2(C)C3=CC=C4[C@@]5(C)CC[C@H](O[Si](C)(C)C(C)(C)C)C(C)(C)[C@@H]5CC[C@@]4(C)[C@@]3(C)CC[C@@H]12. The van der Waals surface area contributed by atoms with Gasteiger partial charge in [0.2, 0.25) is 0 Å². The van der Waals surface area contributed by atoms with Crippen LogP contribution >= 0.6 is 0 Å². The largest absolute Gasteiger partial charge is 0.413 e. The number of hydrogen-bond donors (Lipinski definition) is 0. The van der Waals surface area contributed by atoms with E-state index in [1.165, 1.54) is 51.4 Å². The van der Waals surface area contributed by atoms with Gasteiger partial charge in [0, 0.05) is 0 Å². The predicted octanol–water partition coefficient (Wildman–Crippen LogP) is 13.1. The van der Waals surface area contributed by atoms with Crippen molar-refractivity contribution in [1.29, 1.82) is 0 Å². The Kier molecular flexibility index (Phi) is 8.61. The average Bonchev–Trinajstić information content (AvgIpc) is 2.86. The molecule has 5 rings (SSSR count). The molecule has 0 N–H and O–H groups in total. The summed E-state index contributed by atoms with van der Waals surface area (Å²) in [7, 11) is -3.68. The molecule has 4 saturated carbocycles. The first-order valence-electron chi connectivity index (χ1n) is 19.3. The van der Waals surface area contributed by atoms with Crippen LogP contribution in [0.5, 0.6) is 0 Å². The van der Waals surface area contributed by atoms with Gasteiger partial charge in [-0.1, -0.05) is 120 Å². The third-order valence-electron chi connectivity index (χ3n) is 17.3. The van der Waals surface area contributed by atoms with E-state index in [0.29, 0.717) is 24.0 Å². The van der Waals surface area contributed by atoms with E-state index >= 15 is 0 Å². The molecule has 4 fully saturated rings. The number of allylic oxidation sites excluding steroid dienone is 4. The first-order valence-corrected chi connectivity index (χ1v) is 25.1. The summed E-state index contributed by atoms with van der Waals surface area (Å²) in [4.78, 5) is 0. The maximum Gasteiger partial charge on any atom is 0.192 e. The fraction of sp³-hybridized carbons (Fsp3) is 0.905. The zero-order chi connectivity index (χ0) is 34.9. The van der Waals surface area contributed by atoms with Gasteiger partial charge in [-0.25, -0.2) is 0 Å². The highest BCUT2D eigenvalue weighted by atomic mass is 28.4. The number of hydrogen-bond acceptors (Lipinski definition) is 2. The summed E-state index contributed by atoms with van der Waals surface area (Å²) in [5.41, 5.74) is 4.84. The second kappa shape index (κ2) is 10.7. The van der Waals surface area contributed by atoms with Gasteiger partial charge in [0.1, 0.15) is 0 Å². The Morgan fingerprint density at radius 3 is 1.11 bits per heavy atom. The van der Waals surface area contributed by atoms with Gasteiger partial charge in [0.15, 0.2) is 16.6 Å². The van der Waals surface area contributed by atoms with Gasteiger partial charge < -0.3 is 8.85 Å². The van der Waals surface area contributed by atoms with Gasteiger partial charge >= 0.3 is 0 Å². The Morgan fingerprint density at radius 1 is 0.522 bits per heavy atom. The van der Waals surface area contributed by atoms with Crippen LogP contribution in [0, 0.1) is 44.3 Å². The van der Waals surface area contributed by atoms with Gasteiger partial charge in [0.25, 0.3) is 0 Å². The second-order valence-corrected chi connectivity index (χ2v) is 31.8. The molecule has 0 aromatic rings. The molecule has 0 amide bonds. The minimum Gasteiger partial charge on any atom is -0.413 e. The van der Waals surface area contributed by atoms with Crippen molar-refractivity contribution in [2.45, 2.75) is 197 Å². The van der Waals surface area contributed by atoms with Gasteiger partial charge in [-0.3, -0.25) is 0 Å². The lowest BCUT2D eigenvalue weighted by molar-refractivity contribution is -0.136. The fourth-order valence-electron chi connectivity index (χ4n) is 12.0. The minimum absolute atomic E-state index is 0.172. The van der Waals surface area contributed by atoms with Crippen LogP contribution in [0.2, 0.25) is 36.3 Å². The smallest absolute Gasteiger partial charge is 0.192 e. The summed E-state index contributed by atoms with van der Waals surface area (Å²) in [5.74, 6) is 1.32. The molecule has 5 aliphatic rings. The van der Waals surface area contributed by atoms with E-state index in [-0.39, 0.29) is 42.6 Å². The summed E-state index contributed by atoms with van der Waals surface area (Å²) in [6.07, 6.45) is 16.3. The van der Waals surface area contributed by atoms with Crippen molar-refractivity contribution in [2.75, 3.05) is 0 Å². The standard InChI is InChI=1S/C42H76O2Si2/c1-35(2,3)45(15,16)43-33-23-25-39(11)29(37(33,7)8)21-27-41(13)31(39)19-20-32-40(12)26-24-34(44-46(17,18)36(4,5)6)38(9,10)30(40)22-28-42(32,41)14/h19-20,29-30,33-34H,21-28H2,1-18H3/t29-,30-,33-,34-,39-,40-,41-,42+/m0/s1. The normalized spacial score (nSPS) is 42.6. The molecule has 0 aromatic heterocycles. The van der Waals surface area contributed by atoms with E-state index < -0.39 is 16.6 Å². The molecule has 0 radical (unpaired) electrons. The molecule has 0 bridgehead atoms.